The lowest BCUT2D eigenvalue weighted by Crippen LogP contribution is -2.41. The first-order chi connectivity index (χ1) is 17.9. The largest absolute Gasteiger partial charge is 0.497 e. The summed E-state index contributed by atoms with van der Waals surface area (Å²) in [6, 6.07) is 9.32. The standard InChI is InChI=1S/C28H26BF2N3O4.H2/c1-27(2)28(3,4)38-29(37-27)21-13-10-18(14-22(21)31)33-26(36)20-15-34(19-11-12-19)25(32-5)23(24(20)35)16-6-8-17(30)9-7-16;/h6-10,13-15,19H,11-12H2,1-4H3,(H,33,36);1H. The third kappa shape index (κ3) is 4.53. The first-order valence-corrected chi connectivity index (χ1v) is 12.3. The predicted octanol–water partition coefficient (Wildman–Crippen LogP) is 5.48. The van der Waals surface area contributed by atoms with Gasteiger partial charge < -0.3 is 19.5 Å². The second-order valence-corrected chi connectivity index (χ2v) is 10.6. The minimum absolute atomic E-state index is 0. The first-order valence-electron chi connectivity index (χ1n) is 12.3. The van der Waals surface area contributed by atoms with Crippen LogP contribution >= 0.6 is 0 Å². The van der Waals surface area contributed by atoms with Crippen molar-refractivity contribution < 1.29 is 24.3 Å². The van der Waals surface area contributed by atoms with Crippen LogP contribution in [-0.4, -0.2) is 28.8 Å². The Morgan fingerprint density at radius 3 is 2.29 bits per heavy atom. The highest BCUT2D eigenvalue weighted by Gasteiger charge is 2.52. The molecule has 1 saturated heterocycles. The lowest BCUT2D eigenvalue weighted by atomic mass is 9.78. The smallest absolute Gasteiger partial charge is 0.399 e. The molecule has 0 bridgehead atoms. The zero-order valence-electron chi connectivity index (χ0n) is 21.5. The van der Waals surface area contributed by atoms with Crippen molar-refractivity contribution in [3.05, 3.63) is 87.5 Å². The Morgan fingerprint density at radius 2 is 1.74 bits per heavy atom. The number of hydrogen-bond donors (Lipinski definition) is 1. The number of hydrogen-bond acceptors (Lipinski definition) is 4. The lowest BCUT2D eigenvalue weighted by molar-refractivity contribution is 0.00578. The van der Waals surface area contributed by atoms with Gasteiger partial charge in [-0.2, -0.15) is 0 Å². The predicted molar refractivity (Wildman–Crippen MR) is 143 cm³/mol. The van der Waals surface area contributed by atoms with Crippen molar-refractivity contribution >= 4 is 30.0 Å². The van der Waals surface area contributed by atoms with Gasteiger partial charge in [0.15, 0.2) is 5.43 Å². The Balaban J connectivity index is 0.00000353. The van der Waals surface area contributed by atoms with Gasteiger partial charge in [-0.15, -0.1) is 0 Å². The quantitative estimate of drug-likeness (QED) is 0.358. The van der Waals surface area contributed by atoms with E-state index in [1.807, 2.05) is 27.7 Å². The molecule has 10 heteroatoms. The van der Waals surface area contributed by atoms with Crippen LogP contribution in [0.3, 0.4) is 0 Å². The summed E-state index contributed by atoms with van der Waals surface area (Å²) >= 11 is 0. The number of halogens is 2. The van der Waals surface area contributed by atoms with E-state index in [1.54, 1.807) is 4.57 Å². The minimum Gasteiger partial charge on any atom is -0.399 e. The summed E-state index contributed by atoms with van der Waals surface area (Å²) < 4.78 is 42.1. The summed E-state index contributed by atoms with van der Waals surface area (Å²) in [4.78, 5) is 30.3. The van der Waals surface area contributed by atoms with Gasteiger partial charge in [0.1, 0.15) is 17.2 Å². The van der Waals surface area contributed by atoms with Gasteiger partial charge in [0, 0.05) is 12.6 Å². The van der Waals surface area contributed by atoms with Crippen molar-refractivity contribution in [1.29, 1.82) is 0 Å². The van der Waals surface area contributed by atoms with Gasteiger partial charge in [-0.25, -0.2) is 8.78 Å². The molecule has 2 aromatic carbocycles. The molecule has 2 heterocycles. The van der Waals surface area contributed by atoms with Gasteiger partial charge in [0.25, 0.3) is 5.91 Å². The molecule has 2 fully saturated rings. The van der Waals surface area contributed by atoms with E-state index in [2.05, 4.69) is 10.2 Å². The summed E-state index contributed by atoms with van der Waals surface area (Å²) in [7, 11) is -0.907. The van der Waals surface area contributed by atoms with Crippen LogP contribution in [0.5, 0.6) is 0 Å². The van der Waals surface area contributed by atoms with E-state index in [9.17, 15) is 14.0 Å². The van der Waals surface area contributed by atoms with Crippen LogP contribution in [-0.2, 0) is 9.31 Å². The third-order valence-corrected chi connectivity index (χ3v) is 7.40. The van der Waals surface area contributed by atoms with Gasteiger partial charge in [0.2, 0.25) is 5.82 Å². The maximum Gasteiger partial charge on any atom is 0.497 e. The van der Waals surface area contributed by atoms with E-state index in [0.29, 0.717) is 5.56 Å². The second-order valence-electron chi connectivity index (χ2n) is 10.6. The second kappa shape index (κ2) is 9.19. The highest BCUT2D eigenvalue weighted by Crippen LogP contribution is 2.41. The van der Waals surface area contributed by atoms with Crippen molar-refractivity contribution in [2.75, 3.05) is 5.32 Å². The molecule has 1 aliphatic heterocycles. The molecule has 7 nitrogen and oxygen atoms in total. The number of nitrogens with zero attached hydrogens (tertiary/aromatic N) is 2. The van der Waals surface area contributed by atoms with Crippen LogP contribution in [0.25, 0.3) is 16.0 Å². The molecule has 1 aromatic heterocycles. The summed E-state index contributed by atoms with van der Waals surface area (Å²) in [6.07, 6.45) is 2.99. The molecule has 1 aliphatic carbocycles. The third-order valence-electron chi connectivity index (χ3n) is 7.40. The summed E-state index contributed by atoms with van der Waals surface area (Å²) in [5, 5.41) is 2.59. The summed E-state index contributed by atoms with van der Waals surface area (Å²) in [6.45, 7) is 15.2. The number of amides is 1. The van der Waals surface area contributed by atoms with Gasteiger partial charge in [0.05, 0.1) is 29.0 Å². The number of carbonyl (C=O) groups excluding carboxylic acids is 1. The van der Waals surface area contributed by atoms with E-state index >= 15 is 4.39 Å². The zero-order valence-corrected chi connectivity index (χ0v) is 21.5. The van der Waals surface area contributed by atoms with Crippen LogP contribution in [0.15, 0.2) is 53.5 Å². The van der Waals surface area contributed by atoms with E-state index in [-0.39, 0.29) is 35.6 Å². The number of rotatable bonds is 5. The Morgan fingerprint density at radius 1 is 1.11 bits per heavy atom. The fraction of sp³-hybridized carbons (Fsp3) is 0.321. The van der Waals surface area contributed by atoms with Gasteiger partial charge in [-0.1, -0.05) is 24.8 Å². The van der Waals surface area contributed by atoms with Crippen LogP contribution < -0.4 is 16.2 Å². The maximum atomic E-state index is 15.1. The summed E-state index contributed by atoms with van der Waals surface area (Å²) in [5.41, 5.74) is -1.44. The molecule has 1 N–H and O–H groups in total. The van der Waals surface area contributed by atoms with Crippen molar-refractivity contribution in [1.82, 2.24) is 4.57 Å². The van der Waals surface area contributed by atoms with Crippen LogP contribution in [0.2, 0.25) is 0 Å². The average Bonchev–Trinajstić information content (AvgIpc) is 3.66. The molecular formula is C28H28BF2N3O4. The number of benzene rings is 2. The van der Waals surface area contributed by atoms with E-state index < -0.39 is 41.3 Å². The molecular weight excluding hydrogens is 491 g/mol. The molecule has 0 unspecified atom stereocenters. The van der Waals surface area contributed by atoms with E-state index in [0.717, 1.165) is 18.9 Å². The molecule has 5 rings (SSSR count). The maximum absolute atomic E-state index is 15.1. The molecule has 0 atom stereocenters. The van der Waals surface area contributed by atoms with E-state index in [4.69, 9.17) is 15.9 Å². The zero-order chi connectivity index (χ0) is 27.4. The Bertz CT molecular complexity index is 1530. The monoisotopic (exact) mass is 519 g/mol. The number of carbonyl (C=O) groups is 1. The van der Waals surface area contributed by atoms with Gasteiger partial charge in [-0.3, -0.25) is 14.2 Å². The summed E-state index contributed by atoms with van der Waals surface area (Å²) in [5.74, 6) is -1.77. The van der Waals surface area contributed by atoms with Gasteiger partial charge in [-0.05, 0) is 70.4 Å². The van der Waals surface area contributed by atoms with Crippen LogP contribution in [0, 0.1) is 18.2 Å². The normalized spacial score (nSPS) is 17.8. The Kier molecular flexibility index (Phi) is 6.24. The first kappa shape index (κ1) is 25.8. The topological polar surface area (TPSA) is 73.9 Å². The SMILES string of the molecule is [C-]#[N+]c1c(-c2ccc(F)cc2)c(=O)c(C(=O)Nc2ccc(B3OC(C)(C)C(C)(C)O3)c(F)c2)cn1C1CC1.[HH]. The van der Waals surface area contributed by atoms with Crippen LogP contribution in [0.1, 0.15) is 58.4 Å². The molecule has 196 valence electrons. The van der Waals surface area contributed by atoms with Crippen molar-refractivity contribution in [3.8, 4) is 11.1 Å². The number of nitrogens with one attached hydrogen (secondary N) is 1. The van der Waals surface area contributed by atoms with Gasteiger partial charge >= 0.3 is 7.12 Å². The lowest BCUT2D eigenvalue weighted by Gasteiger charge is -2.32. The molecule has 0 radical (unpaired) electrons. The highest BCUT2D eigenvalue weighted by atomic mass is 19.1. The molecule has 1 saturated carbocycles. The van der Waals surface area contributed by atoms with E-state index in [1.165, 1.54) is 42.6 Å². The number of pyridine rings is 1. The fourth-order valence-corrected chi connectivity index (χ4v) is 4.37. The average molecular weight is 519 g/mol. The molecule has 38 heavy (non-hydrogen) atoms. The Labute approximate surface area is 220 Å². The highest BCUT2D eigenvalue weighted by molar-refractivity contribution is 6.62. The Hall–Kier alpha value is -3.81. The molecule has 0 spiro atoms. The van der Waals surface area contributed by atoms with Crippen molar-refractivity contribution in [2.45, 2.75) is 57.8 Å². The molecule has 1 amide bonds. The minimum atomic E-state index is -0.907. The van der Waals surface area contributed by atoms with Crippen LogP contribution in [0.4, 0.5) is 20.3 Å². The van der Waals surface area contributed by atoms with Crippen molar-refractivity contribution in [3.63, 3.8) is 0 Å². The molecule has 2 aliphatic rings. The molecule has 3 aromatic rings. The number of anilines is 1. The fourth-order valence-electron chi connectivity index (χ4n) is 4.37. The number of aromatic nitrogens is 1. The van der Waals surface area contributed by atoms with Crippen molar-refractivity contribution in [2.24, 2.45) is 0 Å².